The van der Waals surface area contributed by atoms with Gasteiger partial charge in [-0.15, -0.1) is 0 Å². The highest BCUT2D eigenvalue weighted by Crippen LogP contribution is 2.27. The minimum atomic E-state index is -0.428. The van der Waals surface area contributed by atoms with Crippen LogP contribution in [0.2, 0.25) is 0 Å². The van der Waals surface area contributed by atoms with Crippen LogP contribution in [0, 0.1) is 12.8 Å². The Morgan fingerprint density at radius 3 is 2.82 bits per heavy atom. The van der Waals surface area contributed by atoms with Gasteiger partial charge < -0.3 is 10.3 Å². The summed E-state index contributed by atoms with van der Waals surface area (Å²) >= 11 is 0. The van der Waals surface area contributed by atoms with Gasteiger partial charge in [0.15, 0.2) is 5.69 Å². The molecule has 94 valence electrons. The molecule has 4 heteroatoms. The van der Waals surface area contributed by atoms with Gasteiger partial charge in [-0.2, -0.15) is 0 Å². The first-order valence-corrected chi connectivity index (χ1v) is 6.40. The van der Waals surface area contributed by atoms with E-state index in [9.17, 15) is 4.79 Å². The van der Waals surface area contributed by atoms with E-state index in [0.717, 1.165) is 6.42 Å². The number of aryl methyl sites for hydroxylation is 1. The first kappa shape index (κ1) is 12.3. The van der Waals surface area contributed by atoms with Gasteiger partial charge in [0, 0.05) is 6.07 Å². The van der Waals surface area contributed by atoms with Crippen molar-refractivity contribution in [2.75, 3.05) is 0 Å². The molecule has 0 bridgehead atoms. The summed E-state index contributed by atoms with van der Waals surface area (Å²) in [7, 11) is 0. The Morgan fingerprint density at radius 2 is 2.24 bits per heavy atom. The summed E-state index contributed by atoms with van der Waals surface area (Å²) in [5, 5.41) is 3.73. The van der Waals surface area contributed by atoms with Crippen LogP contribution in [0.5, 0.6) is 0 Å². The summed E-state index contributed by atoms with van der Waals surface area (Å²) in [4.78, 5) is 12.0. The average molecular weight is 236 g/mol. The van der Waals surface area contributed by atoms with Crippen LogP contribution in [0.4, 0.5) is 0 Å². The van der Waals surface area contributed by atoms with Crippen LogP contribution < -0.4 is 5.73 Å². The molecule has 1 heterocycles. The van der Waals surface area contributed by atoms with Crippen molar-refractivity contribution >= 4 is 5.78 Å². The monoisotopic (exact) mass is 236 g/mol. The lowest BCUT2D eigenvalue weighted by Gasteiger charge is -2.23. The minimum Gasteiger partial charge on any atom is -0.361 e. The maximum Gasteiger partial charge on any atom is 0.201 e. The van der Waals surface area contributed by atoms with Gasteiger partial charge >= 0.3 is 0 Å². The fourth-order valence-corrected chi connectivity index (χ4v) is 2.56. The number of hydrogen-bond donors (Lipinski definition) is 1. The Morgan fingerprint density at radius 1 is 1.53 bits per heavy atom. The summed E-state index contributed by atoms with van der Waals surface area (Å²) in [6.45, 7) is 1.77. The molecule has 0 spiro atoms. The molecule has 1 unspecified atom stereocenters. The largest absolute Gasteiger partial charge is 0.361 e. The van der Waals surface area contributed by atoms with Crippen molar-refractivity contribution in [2.45, 2.75) is 51.5 Å². The number of rotatable bonds is 4. The number of carbonyl (C=O) groups is 1. The second-order valence-electron chi connectivity index (χ2n) is 5.03. The maximum absolute atomic E-state index is 12.0. The molecule has 0 aliphatic heterocycles. The Balaban J connectivity index is 1.90. The fraction of sp³-hybridized carbons (Fsp3) is 0.692. The second-order valence-corrected chi connectivity index (χ2v) is 5.03. The van der Waals surface area contributed by atoms with Gasteiger partial charge in [0.2, 0.25) is 5.78 Å². The van der Waals surface area contributed by atoms with Gasteiger partial charge in [0.05, 0.1) is 6.04 Å². The highest BCUT2D eigenvalue weighted by atomic mass is 16.5. The molecular formula is C13H20N2O2. The molecule has 1 atom stereocenters. The summed E-state index contributed by atoms with van der Waals surface area (Å²) < 4.78 is 4.90. The number of ketones is 1. The zero-order valence-electron chi connectivity index (χ0n) is 10.3. The Kier molecular flexibility index (Phi) is 3.94. The summed E-state index contributed by atoms with van der Waals surface area (Å²) in [6.07, 6.45) is 7.06. The van der Waals surface area contributed by atoms with Crippen molar-refractivity contribution in [3.05, 3.63) is 17.5 Å². The number of nitrogens with two attached hydrogens (primary N) is 1. The molecule has 1 aliphatic rings. The number of carbonyl (C=O) groups excluding carboxylic acids is 1. The van der Waals surface area contributed by atoms with Gasteiger partial charge in [-0.3, -0.25) is 4.79 Å². The highest BCUT2D eigenvalue weighted by Gasteiger charge is 2.23. The van der Waals surface area contributed by atoms with Crippen LogP contribution in [0.15, 0.2) is 10.6 Å². The van der Waals surface area contributed by atoms with Gasteiger partial charge in [0.25, 0.3) is 0 Å². The molecule has 0 radical (unpaired) electrons. The minimum absolute atomic E-state index is 0.0903. The zero-order valence-corrected chi connectivity index (χ0v) is 10.3. The molecule has 1 aliphatic carbocycles. The second kappa shape index (κ2) is 5.45. The van der Waals surface area contributed by atoms with Crippen molar-refractivity contribution in [2.24, 2.45) is 11.7 Å². The lowest BCUT2D eigenvalue weighted by molar-refractivity contribution is 0.0935. The smallest absolute Gasteiger partial charge is 0.201 e. The quantitative estimate of drug-likeness (QED) is 0.815. The van der Waals surface area contributed by atoms with Crippen molar-refractivity contribution in [3.8, 4) is 0 Å². The van der Waals surface area contributed by atoms with Gasteiger partial charge in [0.1, 0.15) is 5.76 Å². The third kappa shape index (κ3) is 3.16. The molecule has 0 amide bonds. The van der Waals surface area contributed by atoms with Crippen LogP contribution in [0.25, 0.3) is 0 Å². The molecule has 1 saturated carbocycles. The van der Waals surface area contributed by atoms with E-state index in [1.807, 2.05) is 0 Å². The van der Waals surface area contributed by atoms with Crippen LogP contribution in [-0.2, 0) is 0 Å². The lowest BCUT2D eigenvalue weighted by atomic mass is 9.84. The van der Waals surface area contributed by atoms with E-state index in [-0.39, 0.29) is 5.78 Å². The van der Waals surface area contributed by atoms with E-state index in [1.165, 1.54) is 32.1 Å². The third-order valence-electron chi connectivity index (χ3n) is 3.53. The molecular weight excluding hydrogens is 216 g/mol. The average Bonchev–Trinajstić information content (AvgIpc) is 2.76. The lowest BCUT2D eigenvalue weighted by Crippen LogP contribution is -2.33. The van der Waals surface area contributed by atoms with E-state index in [0.29, 0.717) is 17.4 Å². The van der Waals surface area contributed by atoms with Crippen molar-refractivity contribution < 1.29 is 9.32 Å². The summed E-state index contributed by atoms with van der Waals surface area (Å²) in [5.74, 6) is 1.17. The van der Waals surface area contributed by atoms with Crippen LogP contribution in [0.3, 0.4) is 0 Å². The topological polar surface area (TPSA) is 69.1 Å². The predicted molar refractivity (Wildman–Crippen MR) is 64.7 cm³/mol. The van der Waals surface area contributed by atoms with E-state index < -0.39 is 6.04 Å². The molecule has 0 saturated heterocycles. The standard InChI is InChI=1S/C13H20N2O2/c1-9-7-12(15-17-9)13(16)11(14)8-10-5-3-2-4-6-10/h7,10-11H,2-6,8,14H2,1H3. The number of nitrogens with zero attached hydrogens (tertiary/aromatic N) is 1. The molecule has 2 N–H and O–H groups in total. The Labute approximate surface area is 102 Å². The number of Topliss-reactive ketones (excluding diaryl/α,β-unsaturated/α-hetero) is 1. The van der Waals surface area contributed by atoms with Gasteiger partial charge in [-0.25, -0.2) is 0 Å². The van der Waals surface area contributed by atoms with Crippen LogP contribution in [-0.4, -0.2) is 17.0 Å². The number of aromatic nitrogens is 1. The molecule has 1 aromatic rings. The van der Waals surface area contributed by atoms with E-state index >= 15 is 0 Å². The fourth-order valence-electron chi connectivity index (χ4n) is 2.56. The molecule has 4 nitrogen and oxygen atoms in total. The molecule has 0 aromatic carbocycles. The van der Waals surface area contributed by atoms with Crippen LogP contribution >= 0.6 is 0 Å². The maximum atomic E-state index is 12.0. The summed E-state index contributed by atoms with van der Waals surface area (Å²) in [6, 6.07) is 1.23. The van der Waals surface area contributed by atoms with Crippen LogP contribution in [0.1, 0.15) is 54.8 Å². The van der Waals surface area contributed by atoms with Crippen molar-refractivity contribution in [1.82, 2.24) is 5.16 Å². The first-order chi connectivity index (χ1) is 8.16. The van der Waals surface area contributed by atoms with E-state index in [1.54, 1.807) is 13.0 Å². The SMILES string of the molecule is Cc1cc(C(=O)C(N)CC2CCCCC2)no1. The Hall–Kier alpha value is -1.16. The van der Waals surface area contributed by atoms with E-state index in [4.69, 9.17) is 10.3 Å². The predicted octanol–water partition coefficient (Wildman–Crippen LogP) is 2.46. The molecule has 17 heavy (non-hydrogen) atoms. The normalized spacial score (nSPS) is 19.2. The highest BCUT2D eigenvalue weighted by molar-refractivity contribution is 5.98. The molecule has 1 aromatic heterocycles. The molecule has 1 fully saturated rings. The first-order valence-electron chi connectivity index (χ1n) is 6.40. The molecule has 2 rings (SSSR count). The zero-order chi connectivity index (χ0) is 12.3. The Bertz CT molecular complexity index is 381. The van der Waals surface area contributed by atoms with Gasteiger partial charge in [-0.1, -0.05) is 37.3 Å². The third-order valence-corrected chi connectivity index (χ3v) is 3.53. The summed E-state index contributed by atoms with van der Waals surface area (Å²) in [5.41, 5.74) is 6.32. The number of hydrogen-bond acceptors (Lipinski definition) is 4. The van der Waals surface area contributed by atoms with Crippen molar-refractivity contribution in [1.29, 1.82) is 0 Å². The van der Waals surface area contributed by atoms with E-state index in [2.05, 4.69) is 5.16 Å². The van der Waals surface area contributed by atoms with Crippen molar-refractivity contribution in [3.63, 3.8) is 0 Å². The van der Waals surface area contributed by atoms with Gasteiger partial charge in [-0.05, 0) is 19.3 Å².